The number of ether oxygens (including phenoxy) is 1. The highest BCUT2D eigenvalue weighted by molar-refractivity contribution is 6.02. The highest BCUT2D eigenvalue weighted by Gasteiger charge is 2.21. The number of pyridine rings is 1. The lowest BCUT2D eigenvalue weighted by Crippen LogP contribution is -2.42. The summed E-state index contributed by atoms with van der Waals surface area (Å²) in [6, 6.07) is 21.6. The number of carbonyl (C=O) groups is 2. The van der Waals surface area contributed by atoms with Gasteiger partial charge in [-0.25, -0.2) is 4.68 Å². The van der Waals surface area contributed by atoms with Gasteiger partial charge in [-0.05, 0) is 36.4 Å². The lowest BCUT2D eigenvalue weighted by atomic mass is 10.1. The van der Waals surface area contributed by atoms with Crippen molar-refractivity contribution in [1.29, 1.82) is 0 Å². The van der Waals surface area contributed by atoms with Crippen molar-refractivity contribution in [2.45, 2.75) is 0 Å². The fraction of sp³-hybridized carbons (Fsp3) is 0.0435. The summed E-state index contributed by atoms with van der Waals surface area (Å²) in [5.41, 5.74) is 7.14. The minimum Gasteiger partial charge on any atom is -0.496 e. The second-order valence-corrected chi connectivity index (χ2v) is 6.50. The zero-order valence-corrected chi connectivity index (χ0v) is 16.6. The van der Waals surface area contributed by atoms with Crippen molar-refractivity contribution >= 4 is 11.8 Å². The van der Waals surface area contributed by atoms with Gasteiger partial charge in [0.25, 0.3) is 11.8 Å². The van der Waals surface area contributed by atoms with E-state index in [4.69, 9.17) is 4.74 Å². The van der Waals surface area contributed by atoms with Crippen LogP contribution in [0.2, 0.25) is 0 Å². The Hall–Kier alpha value is -4.46. The number of rotatable bonds is 5. The van der Waals surface area contributed by atoms with Crippen LogP contribution in [0.25, 0.3) is 16.9 Å². The molecule has 0 aliphatic rings. The molecule has 31 heavy (non-hydrogen) atoms. The first-order valence-corrected chi connectivity index (χ1v) is 9.47. The van der Waals surface area contributed by atoms with Crippen molar-refractivity contribution in [1.82, 2.24) is 25.6 Å². The zero-order valence-electron chi connectivity index (χ0n) is 16.6. The third kappa shape index (κ3) is 4.27. The summed E-state index contributed by atoms with van der Waals surface area (Å²) in [6.07, 6.45) is 3.11. The maximum absolute atomic E-state index is 13.0. The van der Waals surface area contributed by atoms with Gasteiger partial charge in [0.2, 0.25) is 0 Å². The first-order valence-electron chi connectivity index (χ1n) is 9.47. The van der Waals surface area contributed by atoms with Gasteiger partial charge in [-0.3, -0.25) is 25.4 Å². The van der Waals surface area contributed by atoms with Crippen LogP contribution in [0.5, 0.6) is 5.75 Å². The lowest BCUT2D eigenvalue weighted by molar-refractivity contribution is 0.0844. The molecule has 2 N–H and O–H groups in total. The van der Waals surface area contributed by atoms with Crippen molar-refractivity contribution in [2.24, 2.45) is 0 Å². The number of amides is 2. The van der Waals surface area contributed by atoms with E-state index in [-0.39, 0.29) is 11.3 Å². The van der Waals surface area contributed by atoms with Gasteiger partial charge < -0.3 is 4.74 Å². The van der Waals surface area contributed by atoms with Crippen LogP contribution in [0.4, 0.5) is 0 Å². The first-order chi connectivity index (χ1) is 15.2. The van der Waals surface area contributed by atoms with E-state index in [1.807, 2.05) is 48.5 Å². The van der Waals surface area contributed by atoms with E-state index in [1.54, 1.807) is 42.3 Å². The van der Waals surface area contributed by atoms with Crippen LogP contribution in [0.1, 0.15) is 20.8 Å². The Morgan fingerprint density at radius 1 is 0.871 bits per heavy atom. The predicted octanol–water partition coefficient (Wildman–Crippen LogP) is 3.02. The number of nitrogens with zero attached hydrogens (tertiary/aromatic N) is 3. The van der Waals surface area contributed by atoms with Crippen LogP contribution in [-0.4, -0.2) is 33.7 Å². The molecule has 8 nitrogen and oxygen atoms in total. The summed E-state index contributed by atoms with van der Waals surface area (Å²) >= 11 is 0. The van der Waals surface area contributed by atoms with Crippen molar-refractivity contribution in [3.8, 4) is 22.7 Å². The molecule has 8 heteroatoms. The molecule has 0 saturated carbocycles. The van der Waals surface area contributed by atoms with E-state index in [1.165, 1.54) is 6.20 Å². The lowest BCUT2D eigenvalue weighted by Gasteiger charge is -2.09. The molecule has 0 aliphatic heterocycles. The molecule has 2 amide bonds. The van der Waals surface area contributed by atoms with Crippen molar-refractivity contribution < 1.29 is 14.3 Å². The Labute approximate surface area is 178 Å². The van der Waals surface area contributed by atoms with Crippen LogP contribution < -0.4 is 15.6 Å². The molecule has 2 aromatic heterocycles. The minimum atomic E-state index is -0.525. The van der Waals surface area contributed by atoms with Crippen LogP contribution >= 0.6 is 0 Å². The molecular formula is C23H19N5O3. The number of hydrogen-bond acceptors (Lipinski definition) is 5. The molecule has 0 bridgehead atoms. The molecule has 0 atom stereocenters. The molecule has 0 unspecified atom stereocenters. The number of methoxy groups -OCH3 is 1. The molecule has 0 fully saturated rings. The Balaban J connectivity index is 1.67. The van der Waals surface area contributed by atoms with Gasteiger partial charge in [0, 0.05) is 18.0 Å². The van der Waals surface area contributed by atoms with E-state index in [0.717, 1.165) is 5.69 Å². The summed E-state index contributed by atoms with van der Waals surface area (Å²) in [5, 5.41) is 4.62. The standard InChI is InChI=1S/C23H19N5O3/c1-31-20-13-6-5-11-17(20)21-18(15-28(27-21)16-9-3-2-4-10-16)22(29)25-26-23(30)19-12-7-8-14-24-19/h2-15H,1H3,(H,25,29)(H,26,30). The number of benzene rings is 2. The molecule has 4 aromatic rings. The van der Waals surface area contributed by atoms with Crippen molar-refractivity contribution in [3.05, 3.63) is 96.4 Å². The average Bonchev–Trinajstić information content (AvgIpc) is 3.29. The number of hydrogen-bond donors (Lipinski definition) is 2. The summed E-state index contributed by atoms with van der Waals surface area (Å²) in [6.45, 7) is 0. The third-order valence-electron chi connectivity index (χ3n) is 4.53. The second kappa shape index (κ2) is 8.91. The maximum atomic E-state index is 13.0. The summed E-state index contributed by atoms with van der Waals surface area (Å²) in [7, 11) is 1.56. The smallest absolute Gasteiger partial charge is 0.288 e. The number of aromatic nitrogens is 3. The molecule has 154 valence electrons. The van der Waals surface area contributed by atoms with E-state index < -0.39 is 11.8 Å². The molecule has 2 aromatic carbocycles. The van der Waals surface area contributed by atoms with Gasteiger partial charge in [-0.15, -0.1) is 0 Å². The van der Waals surface area contributed by atoms with Crippen LogP contribution in [-0.2, 0) is 0 Å². The van der Waals surface area contributed by atoms with Crippen LogP contribution in [0, 0.1) is 0 Å². The largest absolute Gasteiger partial charge is 0.496 e. The van der Waals surface area contributed by atoms with Crippen molar-refractivity contribution in [2.75, 3.05) is 7.11 Å². The van der Waals surface area contributed by atoms with E-state index in [2.05, 4.69) is 20.9 Å². The predicted molar refractivity (Wildman–Crippen MR) is 115 cm³/mol. The van der Waals surface area contributed by atoms with E-state index in [0.29, 0.717) is 17.0 Å². The normalized spacial score (nSPS) is 10.4. The van der Waals surface area contributed by atoms with Crippen LogP contribution in [0.15, 0.2) is 85.2 Å². The highest BCUT2D eigenvalue weighted by atomic mass is 16.5. The second-order valence-electron chi connectivity index (χ2n) is 6.50. The molecular weight excluding hydrogens is 394 g/mol. The van der Waals surface area contributed by atoms with Gasteiger partial charge in [-0.1, -0.05) is 36.4 Å². The van der Waals surface area contributed by atoms with Crippen LogP contribution in [0.3, 0.4) is 0 Å². The number of para-hydroxylation sites is 2. The quantitative estimate of drug-likeness (QED) is 0.490. The average molecular weight is 413 g/mol. The monoisotopic (exact) mass is 413 g/mol. The molecule has 0 spiro atoms. The topological polar surface area (TPSA) is 98.1 Å². The summed E-state index contributed by atoms with van der Waals surface area (Å²) in [5.74, 6) is -0.469. The summed E-state index contributed by atoms with van der Waals surface area (Å²) < 4.78 is 7.05. The SMILES string of the molecule is COc1ccccc1-c1nn(-c2ccccc2)cc1C(=O)NNC(=O)c1ccccn1. The Kier molecular flexibility index (Phi) is 5.70. The third-order valence-corrected chi connectivity index (χ3v) is 4.53. The van der Waals surface area contributed by atoms with E-state index in [9.17, 15) is 9.59 Å². The fourth-order valence-corrected chi connectivity index (χ4v) is 3.03. The fourth-order valence-electron chi connectivity index (χ4n) is 3.03. The number of nitrogens with one attached hydrogen (secondary N) is 2. The zero-order chi connectivity index (χ0) is 21.6. The summed E-state index contributed by atoms with van der Waals surface area (Å²) in [4.78, 5) is 29.2. The number of carbonyl (C=O) groups excluding carboxylic acids is 2. The highest BCUT2D eigenvalue weighted by Crippen LogP contribution is 2.31. The van der Waals surface area contributed by atoms with Gasteiger partial charge in [0.15, 0.2) is 0 Å². The maximum Gasteiger partial charge on any atom is 0.288 e. The molecule has 2 heterocycles. The van der Waals surface area contributed by atoms with E-state index >= 15 is 0 Å². The Morgan fingerprint density at radius 3 is 2.32 bits per heavy atom. The van der Waals surface area contributed by atoms with Gasteiger partial charge in [0.1, 0.15) is 17.1 Å². The minimum absolute atomic E-state index is 0.188. The van der Waals surface area contributed by atoms with Gasteiger partial charge in [-0.2, -0.15) is 5.10 Å². The molecule has 0 aliphatic carbocycles. The molecule has 4 rings (SSSR count). The number of hydrazine groups is 1. The van der Waals surface area contributed by atoms with Gasteiger partial charge in [0.05, 0.1) is 18.4 Å². The van der Waals surface area contributed by atoms with Crippen molar-refractivity contribution in [3.63, 3.8) is 0 Å². The van der Waals surface area contributed by atoms with Gasteiger partial charge >= 0.3 is 0 Å². The Morgan fingerprint density at radius 2 is 1.58 bits per heavy atom. The molecule has 0 saturated heterocycles. The Bertz CT molecular complexity index is 1210. The first kappa shape index (κ1) is 19.8. The molecule has 0 radical (unpaired) electrons.